The lowest BCUT2D eigenvalue weighted by Gasteiger charge is -2.28. The lowest BCUT2D eigenvalue weighted by Crippen LogP contribution is -2.27. The van der Waals surface area contributed by atoms with Crippen molar-refractivity contribution in [1.82, 2.24) is 14.5 Å². The predicted octanol–water partition coefficient (Wildman–Crippen LogP) is 6.76. The van der Waals surface area contributed by atoms with Gasteiger partial charge in [-0.05, 0) is 49.1 Å². The number of ether oxygens (including phenoxy) is 2. The molecule has 11 heteroatoms. The number of aryl methyl sites for hydroxylation is 1. The molecule has 210 valence electrons. The summed E-state index contributed by atoms with van der Waals surface area (Å²) in [5, 5.41) is 9.90. The second-order valence-electron chi connectivity index (χ2n) is 9.97. The summed E-state index contributed by atoms with van der Waals surface area (Å²) in [6.07, 6.45) is -0.479. The van der Waals surface area contributed by atoms with E-state index in [1.165, 1.54) is 30.3 Å². The molecule has 0 saturated heterocycles. The van der Waals surface area contributed by atoms with Crippen molar-refractivity contribution in [3.05, 3.63) is 83.2 Å². The van der Waals surface area contributed by atoms with Crippen molar-refractivity contribution in [1.29, 1.82) is 0 Å². The van der Waals surface area contributed by atoms with Gasteiger partial charge in [-0.2, -0.15) is 0 Å². The summed E-state index contributed by atoms with van der Waals surface area (Å²) in [7, 11) is 0. The Morgan fingerprint density at radius 3 is 2.50 bits per heavy atom. The van der Waals surface area contributed by atoms with Crippen LogP contribution in [0.5, 0.6) is 11.5 Å². The van der Waals surface area contributed by atoms with Crippen LogP contribution in [-0.2, 0) is 17.9 Å². The Bertz CT molecular complexity index is 1500. The van der Waals surface area contributed by atoms with Crippen LogP contribution in [0.4, 0.5) is 17.6 Å². The smallest absolute Gasteiger partial charge is 0.487 e. The van der Waals surface area contributed by atoms with Gasteiger partial charge in [-0.3, -0.25) is 9.78 Å². The zero-order chi connectivity index (χ0) is 28.4. The molecule has 0 spiro atoms. The predicted molar refractivity (Wildman–Crippen MR) is 138 cm³/mol. The minimum absolute atomic E-state index is 0.0718. The summed E-state index contributed by atoms with van der Waals surface area (Å²) in [5.41, 5.74) is 2.73. The fourth-order valence-corrected chi connectivity index (χ4v) is 5.16. The third-order valence-electron chi connectivity index (χ3n) is 7.08. The number of hydrogen-bond acceptors (Lipinski definition) is 5. The van der Waals surface area contributed by atoms with E-state index in [1.54, 1.807) is 16.8 Å². The molecule has 40 heavy (non-hydrogen) atoms. The number of aromatic nitrogens is 3. The molecule has 1 aliphatic rings. The van der Waals surface area contributed by atoms with Gasteiger partial charge in [0.1, 0.15) is 29.4 Å². The van der Waals surface area contributed by atoms with Gasteiger partial charge in [-0.25, -0.2) is 9.37 Å². The molecule has 2 heterocycles. The Balaban J connectivity index is 1.53. The zero-order valence-corrected chi connectivity index (χ0v) is 21.6. The van der Waals surface area contributed by atoms with Crippen molar-refractivity contribution in [3.63, 3.8) is 0 Å². The number of imidazole rings is 1. The lowest BCUT2D eigenvalue weighted by molar-refractivity contribution is -0.274. The molecule has 7 nitrogen and oxygen atoms in total. The maximum atomic E-state index is 15.4. The Kier molecular flexibility index (Phi) is 7.64. The minimum Gasteiger partial charge on any atom is -0.487 e. The van der Waals surface area contributed by atoms with Crippen molar-refractivity contribution in [3.8, 4) is 11.5 Å². The number of fused-ring (bicyclic) bond motifs is 1. The first-order valence-corrected chi connectivity index (χ1v) is 12.9. The molecule has 2 aromatic heterocycles. The first-order valence-electron chi connectivity index (χ1n) is 12.9. The van der Waals surface area contributed by atoms with Crippen molar-refractivity contribution in [2.24, 2.45) is 5.92 Å². The number of alkyl halides is 3. The topological polar surface area (TPSA) is 86.5 Å². The highest BCUT2D eigenvalue weighted by molar-refractivity contribution is 5.79. The third-order valence-corrected chi connectivity index (χ3v) is 7.08. The van der Waals surface area contributed by atoms with Gasteiger partial charge in [0.05, 0.1) is 17.1 Å². The van der Waals surface area contributed by atoms with E-state index in [1.807, 2.05) is 19.1 Å². The molecule has 4 aromatic rings. The number of aliphatic carboxylic acids is 1. The molecule has 1 N–H and O–H groups in total. The van der Waals surface area contributed by atoms with Crippen LogP contribution in [0.25, 0.3) is 11.0 Å². The number of carboxylic acids is 1. The monoisotopic (exact) mass is 557 g/mol. The number of benzene rings is 2. The molecule has 0 radical (unpaired) electrons. The number of pyridine rings is 1. The van der Waals surface area contributed by atoms with Gasteiger partial charge in [0.15, 0.2) is 5.82 Å². The Hall–Kier alpha value is -4.15. The number of rotatable bonds is 8. The molecule has 2 atom stereocenters. The standard InChI is InChI=1S/C29H27F4N3O4/c1-17-6-9-19(34-14-17)16-39-21-12-24(30)26-25(13-21)36(15-18-7-10-20(11-8-18)40-29(31,32)33)27(35-26)22-4-2-3-5-23(22)28(37)38/h6-14,22-23H,2-5,15-16H2,1H3,(H,37,38)/t22-,23-/m1/s1. The molecule has 1 saturated carbocycles. The number of hydrogen-bond donors (Lipinski definition) is 1. The van der Waals surface area contributed by atoms with Crippen molar-refractivity contribution in [2.75, 3.05) is 0 Å². The molecule has 0 aliphatic heterocycles. The van der Waals surface area contributed by atoms with E-state index in [0.29, 0.717) is 35.4 Å². The molecule has 5 rings (SSSR count). The molecular formula is C29H27F4N3O4. The maximum absolute atomic E-state index is 15.4. The van der Waals surface area contributed by atoms with E-state index >= 15 is 4.39 Å². The molecule has 0 unspecified atom stereocenters. The van der Waals surface area contributed by atoms with Gasteiger partial charge in [0.25, 0.3) is 0 Å². The quantitative estimate of drug-likeness (QED) is 0.241. The van der Waals surface area contributed by atoms with Crippen molar-refractivity contribution < 1.29 is 36.9 Å². The second kappa shape index (κ2) is 11.1. The fourth-order valence-electron chi connectivity index (χ4n) is 5.16. The molecule has 2 aromatic carbocycles. The van der Waals surface area contributed by atoms with E-state index in [9.17, 15) is 23.1 Å². The summed E-state index contributed by atoms with van der Waals surface area (Å²) >= 11 is 0. The van der Waals surface area contributed by atoms with Gasteiger partial charge in [0, 0.05) is 30.8 Å². The van der Waals surface area contributed by atoms with Gasteiger partial charge < -0.3 is 19.1 Å². The van der Waals surface area contributed by atoms with Crippen molar-refractivity contribution in [2.45, 2.75) is 58.0 Å². The van der Waals surface area contributed by atoms with Crippen LogP contribution in [0.2, 0.25) is 0 Å². The summed E-state index contributed by atoms with van der Waals surface area (Å²) in [4.78, 5) is 21.0. The average Bonchev–Trinajstić information content (AvgIpc) is 3.27. The Labute approximate surface area is 227 Å². The SMILES string of the molecule is Cc1ccc(COc2cc(F)c3nc([C@@H]4CCCC[C@H]4C(=O)O)n(Cc4ccc(OC(F)(F)F)cc4)c3c2)nc1. The average molecular weight is 558 g/mol. The van der Waals surface area contributed by atoms with E-state index < -0.39 is 30.0 Å². The number of halogens is 4. The van der Waals surface area contributed by atoms with Gasteiger partial charge in [0.2, 0.25) is 0 Å². The first-order chi connectivity index (χ1) is 19.1. The third kappa shape index (κ3) is 6.19. The number of carboxylic acid groups (broad SMARTS) is 1. The van der Waals surface area contributed by atoms with Gasteiger partial charge in [-0.1, -0.05) is 31.0 Å². The van der Waals surface area contributed by atoms with E-state index in [0.717, 1.165) is 18.4 Å². The van der Waals surface area contributed by atoms with Crippen LogP contribution in [0.1, 0.15) is 54.2 Å². The highest BCUT2D eigenvalue weighted by atomic mass is 19.4. The largest absolute Gasteiger partial charge is 0.573 e. The molecule has 0 amide bonds. The molecule has 1 fully saturated rings. The summed E-state index contributed by atoms with van der Waals surface area (Å²) < 4.78 is 64.8. The zero-order valence-electron chi connectivity index (χ0n) is 21.6. The summed E-state index contributed by atoms with van der Waals surface area (Å²) in [6, 6.07) is 11.9. The number of nitrogens with zero attached hydrogens (tertiary/aromatic N) is 3. The van der Waals surface area contributed by atoms with Crippen LogP contribution in [-0.4, -0.2) is 32.0 Å². The minimum atomic E-state index is -4.82. The highest BCUT2D eigenvalue weighted by Crippen LogP contribution is 2.40. The molecule has 0 bridgehead atoms. The van der Waals surface area contributed by atoms with E-state index in [-0.39, 0.29) is 30.2 Å². The van der Waals surface area contributed by atoms with Crippen molar-refractivity contribution >= 4 is 17.0 Å². The maximum Gasteiger partial charge on any atom is 0.573 e. The lowest BCUT2D eigenvalue weighted by atomic mass is 9.78. The Morgan fingerprint density at radius 1 is 1.07 bits per heavy atom. The van der Waals surface area contributed by atoms with Crippen LogP contribution in [0, 0.1) is 18.7 Å². The van der Waals surface area contributed by atoms with Crippen LogP contribution < -0.4 is 9.47 Å². The van der Waals surface area contributed by atoms with Crippen LogP contribution in [0.3, 0.4) is 0 Å². The van der Waals surface area contributed by atoms with Gasteiger partial charge in [-0.15, -0.1) is 13.2 Å². The normalized spacial score (nSPS) is 17.6. The number of carbonyl (C=O) groups is 1. The summed E-state index contributed by atoms with van der Waals surface area (Å²) in [6.45, 7) is 2.15. The van der Waals surface area contributed by atoms with Gasteiger partial charge >= 0.3 is 12.3 Å². The van der Waals surface area contributed by atoms with Crippen LogP contribution in [0.15, 0.2) is 54.7 Å². The first kappa shape index (κ1) is 27.4. The van der Waals surface area contributed by atoms with E-state index in [4.69, 9.17) is 4.74 Å². The molecular weight excluding hydrogens is 530 g/mol. The highest BCUT2D eigenvalue weighted by Gasteiger charge is 2.36. The fraction of sp³-hybridized carbons (Fsp3) is 0.345. The van der Waals surface area contributed by atoms with Crippen LogP contribution >= 0.6 is 0 Å². The Morgan fingerprint density at radius 2 is 1.82 bits per heavy atom. The summed E-state index contributed by atoms with van der Waals surface area (Å²) in [5.74, 6) is -2.39. The second-order valence-corrected chi connectivity index (χ2v) is 9.97. The molecule has 1 aliphatic carbocycles. The van der Waals surface area contributed by atoms with E-state index in [2.05, 4.69) is 14.7 Å².